The van der Waals surface area contributed by atoms with Gasteiger partial charge in [-0.25, -0.2) is 0 Å². The second-order valence-corrected chi connectivity index (χ2v) is 7.24. The number of aliphatic imine (C=N–C) groups is 1. The first-order valence-corrected chi connectivity index (χ1v) is 9.78. The summed E-state index contributed by atoms with van der Waals surface area (Å²) < 4.78 is 7.06. The minimum Gasteiger partial charge on any atom is -0.385 e. The van der Waals surface area contributed by atoms with Crippen LogP contribution < -0.4 is 16.2 Å². The van der Waals surface area contributed by atoms with Crippen LogP contribution in [-0.4, -0.2) is 44.4 Å². The zero-order chi connectivity index (χ0) is 18.7. The molecule has 0 spiro atoms. The Morgan fingerprint density at radius 1 is 1.26 bits per heavy atom. The van der Waals surface area contributed by atoms with Crippen LogP contribution in [0.3, 0.4) is 0 Å². The van der Waals surface area contributed by atoms with Gasteiger partial charge in [-0.05, 0) is 43.6 Å². The van der Waals surface area contributed by atoms with Gasteiger partial charge in [0, 0.05) is 52.7 Å². The molecule has 6 nitrogen and oxygen atoms in total. The highest BCUT2D eigenvalue weighted by Crippen LogP contribution is 2.40. The molecule has 0 aliphatic heterocycles. The van der Waals surface area contributed by atoms with Crippen molar-refractivity contribution in [2.45, 2.75) is 51.5 Å². The van der Waals surface area contributed by atoms with Crippen LogP contribution in [0.2, 0.25) is 0 Å². The second kappa shape index (κ2) is 13.1. The van der Waals surface area contributed by atoms with Crippen molar-refractivity contribution in [2.24, 2.45) is 10.4 Å². The number of guanidine groups is 1. The van der Waals surface area contributed by atoms with Crippen molar-refractivity contribution in [1.82, 2.24) is 15.2 Å². The number of hydrogen-bond donors (Lipinski definition) is 2. The molecule has 1 fully saturated rings. The number of rotatable bonds is 10. The highest BCUT2D eigenvalue weighted by atomic mass is 127. The van der Waals surface area contributed by atoms with Gasteiger partial charge in [-0.1, -0.05) is 18.9 Å². The van der Waals surface area contributed by atoms with Gasteiger partial charge >= 0.3 is 0 Å². The van der Waals surface area contributed by atoms with E-state index in [1.807, 2.05) is 19.3 Å². The fraction of sp³-hybridized carbons (Fsp3) is 0.700. The first-order valence-electron chi connectivity index (χ1n) is 9.78. The Morgan fingerprint density at radius 3 is 2.70 bits per heavy atom. The summed E-state index contributed by atoms with van der Waals surface area (Å²) in [6.07, 6.45) is 10.1. The summed E-state index contributed by atoms with van der Waals surface area (Å²) in [6, 6.07) is 5.28. The zero-order valence-corrected chi connectivity index (χ0v) is 19.0. The molecule has 1 saturated carbocycles. The van der Waals surface area contributed by atoms with Crippen LogP contribution in [-0.2, 0) is 11.3 Å². The Morgan fingerprint density at radius 2 is 2.04 bits per heavy atom. The largest absolute Gasteiger partial charge is 0.385 e. The van der Waals surface area contributed by atoms with Crippen molar-refractivity contribution >= 4 is 29.9 Å². The molecule has 1 aromatic heterocycles. The SMILES string of the molecule is CN=C(NCCCCn1ccccc1=O)NCC1(CCOC)CCCC1.I. The van der Waals surface area contributed by atoms with Gasteiger partial charge in [0.05, 0.1) is 0 Å². The van der Waals surface area contributed by atoms with Crippen molar-refractivity contribution in [1.29, 1.82) is 0 Å². The van der Waals surface area contributed by atoms with E-state index in [9.17, 15) is 4.79 Å². The zero-order valence-electron chi connectivity index (χ0n) is 16.7. The molecular formula is C20H35IN4O2. The molecule has 1 aromatic rings. The molecule has 0 amide bonds. The molecule has 0 atom stereocenters. The molecule has 0 saturated heterocycles. The van der Waals surface area contributed by atoms with Crippen LogP contribution in [0.4, 0.5) is 0 Å². The number of aromatic nitrogens is 1. The summed E-state index contributed by atoms with van der Waals surface area (Å²) >= 11 is 0. The van der Waals surface area contributed by atoms with Crippen LogP contribution >= 0.6 is 24.0 Å². The van der Waals surface area contributed by atoms with Crippen LogP contribution in [0.1, 0.15) is 44.9 Å². The summed E-state index contributed by atoms with van der Waals surface area (Å²) in [5.41, 5.74) is 0.415. The molecule has 0 radical (unpaired) electrons. The Balaban J connectivity index is 0.00000364. The van der Waals surface area contributed by atoms with Gasteiger partial charge in [-0.2, -0.15) is 0 Å². The molecule has 0 unspecified atom stereocenters. The van der Waals surface area contributed by atoms with Gasteiger partial charge in [0.1, 0.15) is 0 Å². The molecule has 1 aliphatic rings. The molecule has 2 rings (SSSR count). The summed E-state index contributed by atoms with van der Waals surface area (Å²) in [6.45, 7) is 3.39. The molecule has 1 heterocycles. The minimum atomic E-state index is 0. The Hall–Kier alpha value is -1.09. The normalized spacial score (nSPS) is 16.0. The van der Waals surface area contributed by atoms with E-state index in [4.69, 9.17) is 4.74 Å². The van der Waals surface area contributed by atoms with Crippen molar-refractivity contribution < 1.29 is 4.74 Å². The van der Waals surface area contributed by atoms with Crippen molar-refractivity contribution in [3.63, 3.8) is 0 Å². The Kier molecular flexibility index (Phi) is 11.7. The third-order valence-corrected chi connectivity index (χ3v) is 5.37. The van der Waals surface area contributed by atoms with Gasteiger partial charge in [0.25, 0.3) is 0 Å². The molecule has 0 bridgehead atoms. The first-order chi connectivity index (χ1) is 12.7. The molecule has 1 aliphatic carbocycles. The fourth-order valence-corrected chi connectivity index (χ4v) is 3.71. The number of aryl methyl sites for hydroxylation is 1. The monoisotopic (exact) mass is 490 g/mol. The topological polar surface area (TPSA) is 67.7 Å². The maximum Gasteiger partial charge on any atom is 0.250 e. The lowest BCUT2D eigenvalue weighted by molar-refractivity contribution is 0.138. The number of halogens is 1. The van der Waals surface area contributed by atoms with Crippen LogP contribution in [0, 0.1) is 5.41 Å². The Labute approximate surface area is 180 Å². The van der Waals surface area contributed by atoms with Crippen LogP contribution in [0.15, 0.2) is 34.2 Å². The molecule has 7 heteroatoms. The van der Waals surface area contributed by atoms with Gasteiger partial charge in [0.2, 0.25) is 5.56 Å². The van der Waals surface area contributed by atoms with Gasteiger partial charge < -0.3 is 19.9 Å². The summed E-state index contributed by atoms with van der Waals surface area (Å²) in [5.74, 6) is 0.866. The quantitative estimate of drug-likeness (QED) is 0.229. The summed E-state index contributed by atoms with van der Waals surface area (Å²) in [4.78, 5) is 16.0. The highest BCUT2D eigenvalue weighted by molar-refractivity contribution is 14.0. The standard InChI is InChI=1S/C20H34N4O2.HI/c1-21-19(23-17-20(12-16-26-2)10-4-5-11-20)22-13-6-8-15-24-14-7-3-9-18(24)25;/h3,7,9,14H,4-6,8,10-13,15-17H2,1-2H3,(H2,21,22,23);1H. The average molecular weight is 490 g/mol. The number of unbranched alkanes of at least 4 members (excludes halogenated alkanes) is 1. The van der Waals surface area contributed by atoms with Gasteiger partial charge in [-0.15, -0.1) is 24.0 Å². The lowest BCUT2D eigenvalue weighted by Crippen LogP contribution is -2.43. The molecule has 154 valence electrons. The lowest BCUT2D eigenvalue weighted by Gasteiger charge is -2.30. The van der Waals surface area contributed by atoms with Crippen molar-refractivity contribution in [2.75, 3.05) is 33.9 Å². The molecular weight excluding hydrogens is 455 g/mol. The van der Waals surface area contributed by atoms with E-state index < -0.39 is 0 Å². The molecule has 2 N–H and O–H groups in total. The van der Waals surface area contributed by atoms with Crippen LogP contribution in [0.5, 0.6) is 0 Å². The van der Waals surface area contributed by atoms with Crippen LogP contribution in [0.25, 0.3) is 0 Å². The maximum absolute atomic E-state index is 11.7. The number of methoxy groups -OCH3 is 1. The van der Waals surface area contributed by atoms with E-state index in [1.165, 1.54) is 25.7 Å². The van der Waals surface area contributed by atoms with E-state index in [2.05, 4.69) is 15.6 Å². The first kappa shape index (κ1) is 23.9. The van der Waals surface area contributed by atoms with E-state index in [-0.39, 0.29) is 29.5 Å². The van der Waals surface area contributed by atoms with Crippen molar-refractivity contribution in [3.05, 3.63) is 34.7 Å². The molecule has 0 aromatic carbocycles. The number of hydrogen-bond acceptors (Lipinski definition) is 3. The highest BCUT2D eigenvalue weighted by Gasteiger charge is 2.33. The smallest absolute Gasteiger partial charge is 0.250 e. The second-order valence-electron chi connectivity index (χ2n) is 7.24. The van der Waals surface area contributed by atoms with Crippen molar-refractivity contribution in [3.8, 4) is 0 Å². The van der Waals surface area contributed by atoms with E-state index in [1.54, 1.807) is 23.8 Å². The number of nitrogens with zero attached hydrogens (tertiary/aromatic N) is 2. The predicted molar refractivity (Wildman–Crippen MR) is 122 cm³/mol. The third kappa shape index (κ3) is 8.21. The third-order valence-electron chi connectivity index (χ3n) is 5.37. The number of ether oxygens (including phenoxy) is 1. The molecule has 27 heavy (non-hydrogen) atoms. The van der Waals surface area contributed by atoms with Gasteiger partial charge in [0.15, 0.2) is 5.96 Å². The predicted octanol–water partition coefficient (Wildman–Crippen LogP) is 3.01. The average Bonchev–Trinajstić information content (AvgIpc) is 3.13. The Bertz CT molecular complexity index is 612. The summed E-state index contributed by atoms with van der Waals surface area (Å²) in [5, 5.41) is 6.89. The number of pyridine rings is 1. The fourth-order valence-electron chi connectivity index (χ4n) is 3.71. The lowest BCUT2D eigenvalue weighted by atomic mass is 9.83. The van der Waals surface area contributed by atoms with E-state index >= 15 is 0 Å². The summed E-state index contributed by atoms with van der Waals surface area (Å²) in [7, 11) is 3.59. The number of nitrogens with one attached hydrogen (secondary N) is 2. The van der Waals surface area contributed by atoms with E-state index in [0.717, 1.165) is 51.5 Å². The minimum absolute atomic E-state index is 0. The van der Waals surface area contributed by atoms with Gasteiger partial charge in [-0.3, -0.25) is 9.79 Å². The van der Waals surface area contributed by atoms with E-state index in [0.29, 0.717) is 5.41 Å². The maximum atomic E-state index is 11.7.